The molecule has 4 nitrogen and oxygen atoms in total. The second kappa shape index (κ2) is 6.02. The molecular formula is C19H20O4. The first-order valence-electron chi connectivity index (χ1n) is 8.26. The van der Waals surface area contributed by atoms with Gasteiger partial charge in [0, 0.05) is 25.7 Å². The molecule has 4 rings (SSSR count). The van der Waals surface area contributed by atoms with E-state index in [1.54, 1.807) is 12.2 Å². The van der Waals surface area contributed by atoms with Crippen LogP contribution < -0.4 is 0 Å². The summed E-state index contributed by atoms with van der Waals surface area (Å²) >= 11 is 0. The number of ether oxygens (including phenoxy) is 2. The molecule has 2 fully saturated rings. The maximum atomic E-state index is 11.7. The first kappa shape index (κ1) is 14.8. The fourth-order valence-corrected chi connectivity index (χ4v) is 3.22. The summed E-state index contributed by atoms with van der Waals surface area (Å²) < 4.78 is 10.6. The Morgan fingerprint density at radius 2 is 1.22 bits per heavy atom. The van der Waals surface area contributed by atoms with E-state index >= 15 is 0 Å². The predicted octanol–water partition coefficient (Wildman–Crippen LogP) is 2.61. The fourth-order valence-electron chi connectivity index (χ4n) is 3.22. The maximum absolute atomic E-state index is 11.7. The van der Waals surface area contributed by atoms with Crippen molar-refractivity contribution in [3.05, 3.63) is 46.6 Å². The molecule has 4 heteroatoms. The standard InChI is InChI=1S/C19H20O4/c20-16-3-1-12(14(6-16)8-18-10-22-18)5-13-2-4-17(21)7-15(13)9-19-11-23-19/h1-2,6-7,18-19H,3-5,8-11H2. The molecule has 0 aromatic heterocycles. The van der Waals surface area contributed by atoms with E-state index in [1.807, 2.05) is 12.2 Å². The lowest BCUT2D eigenvalue weighted by Gasteiger charge is -2.20. The lowest BCUT2D eigenvalue weighted by Crippen LogP contribution is -2.10. The molecule has 2 atom stereocenters. The second-order valence-corrected chi connectivity index (χ2v) is 6.63. The molecule has 0 aromatic carbocycles. The van der Waals surface area contributed by atoms with Gasteiger partial charge in [0.25, 0.3) is 0 Å². The van der Waals surface area contributed by atoms with E-state index < -0.39 is 0 Å². The number of hydrogen-bond donors (Lipinski definition) is 0. The molecule has 2 saturated heterocycles. The van der Waals surface area contributed by atoms with Crippen LogP contribution in [0.3, 0.4) is 0 Å². The Morgan fingerprint density at radius 1 is 0.783 bits per heavy atom. The molecule has 0 bridgehead atoms. The zero-order chi connectivity index (χ0) is 15.8. The second-order valence-electron chi connectivity index (χ2n) is 6.63. The summed E-state index contributed by atoms with van der Waals surface area (Å²) in [5.74, 6) is 0.332. The normalized spacial score (nSPS) is 29.6. The van der Waals surface area contributed by atoms with Gasteiger partial charge in [0.2, 0.25) is 0 Å². The molecule has 0 radical (unpaired) electrons. The molecule has 23 heavy (non-hydrogen) atoms. The van der Waals surface area contributed by atoms with Gasteiger partial charge in [-0.25, -0.2) is 0 Å². The van der Waals surface area contributed by atoms with Crippen molar-refractivity contribution in [1.29, 1.82) is 0 Å². The third-order valence-electron chi connectivity index (χ3n) is 4.68. The van der Waals surface area contributed by atoms with Crippen molar-refractivity contribution in [3.63, 3.8) is 0 Å². The third kappa shape index (κ3) is 3.77. The van der Waals surface area contributed by atoms with Crippen LogP contribution in [0.1, 0.15) is 32.1 Å². The van der Waals surface area contributed by atoms with E-state index in [9.17, 15) is 9.59 Å². The Kier molecular flexibility index (Phi) is 3.87. The highest BCUT2D eigenvalue weighted by Crippen LogP contribution is 2.35. The van der Waals surface area contributed by atoms with Crippen LogP contribution in [0.2, 0.25) is 0 Å². The number of carbonyl (C=O) groups excluding carboxylic acids is 2. The zero-order valence-electron chi connectivity index (χ0n) is 13.0. The van der Waals surface area contributed by atoms with Gasteiger partial charge in [0.1, 0.15) is 0 Å². The van der Waals surface area contributed by atoms with Gasteiger partial charge >= 0.3 is 0 Å². The minimum Gasteiger partial charge on any atom is -0.373 e. The fraction of sp³-hybridized carbons (Fsp3) is 0.474. The molecule has 0 aromatic rings. The van der Waals surface area contributed by atoms with Gasteiger partial charge in [-0.2, -0.15) is 0 Å². The van der Waals surface area contributed by atoms with Crippen LogP contribution >= 0.6 is 0 Å². The van der Waals surface area contributed by atoms with E-state index in [-0.39, 0.29) is 23.8 Å². The van der Waals surface area contributed by atoms with E-state index in [2.05, 4.69) is 0 Å². The number of carbonyl (C=O) groups is 2. The average Bonchev–Trinajstić information content (AvgIpc) is 3.40. The van der Waals surface area contributed by atoms with Gasteiger partial charge in [-0.3, -0.25) is 9.59 Å². The predicted molar refractivity (Wildman–Crippen MR) is 84.9 cm³/mol. The van der Waals surface area contributed by atoms with Crippen LogP contribution in [0, 0.1) is 0 Å². The molecule has 0 saturated carbocycles. The monoisotopic (exact) mass is 312 g/mol. The Morgan fingerprint density at radius 3 is 1.61 bits per heavy atom. The van der Waals surface area contributed by atoms with Crippen LogP contribution in [0.5, 0.6) is 0 Å². The van der Waals surface area contributed by atoms with Crippen LogP contribution in [-0.2, 0) is 19.1 Å². The van der Waals surface area contributed by atoms with E-state index in [4.69, 9.17) is 9.47 Å². The van der Waals surface area contributed by atoms with Gasteiger partial charge in [0.15, 0.2) is 11.6 Å². The van der Waals surface area contributed by atoms with Crippen LogP contribution in [-0.4, -0.2) is 37.0 Å². The lowest BCUT2D eigenvalue weighted by molar-refractivity contribution is -0.114. The van der Waals surface area contributed by atoms with Crippen molar-refractivity contribution < 1.29 is 19.1 Å². The Hall–Kier alpha value is -1.78. The Labute approximate surface area is 135 Å². The number of rotatable bonds is 6. The van der Waals surface area contributed by atoms with Crippen molar-refractivity contribution in [2.24, 2.45) is 0 Å². The summed E-state index contributed by atoms with van der Waals surface area (Å²) in [5, 5.41) is 0. The molecule has 2 aliphatic carbocycles. The summed E-state index contributed by atoms with van der Waals surface area (Å²) in [7, 11) is 0. The van der Waals surface area contributed by atoms with Crippen molar-refractivity contribution >= 4 is 11.6 Å². The van der Waals surface area contributed by atoms with Crippen molar-refractivity contribution in [2.75, 3.05) is 13.2 Å². The summed E-state index contributed by atoms with van der Waals surface area (Å²) in [4.78, 5) is 23.5. The van der Waals surface area contributed by atoms with Crippen LogP contribution in [0.15, 0.2) is 46.6 Å². The molecule has 0 spiro atoms. The lowest BCUT2D eigenvalue weighted by atomic mass is 9.84. The molecule has 2 heterocycles. The van der Waals surface area contributed by atoms with E-state index in [0.29, 0.717) is 12.8 Å². The highest BCUT2D eigenvalue weighted by Gasteiger charge is 2.29. The van der Waals surface area contributed by atoms with Gasteiger partial charge in [-0.05, 0) is 40.9 Å². The summed E-state index contributed by atoms with van der Waals surface area (Å²) in [6.45, 7) is 1.58. The summed E-state index contributed by atoms with van der Waals surface area (Å²) in [5.41, 5.74) is 4.62. The minimum absolute atomic E-state index is 0.166. The van der Waals surface area contributed by atoms with Crippen molar-refractivity contribution in [2.45, 2.75) is 44.3 Å². The largest absolute Gasteiger partial charge is 0.373 e. The average molecular weight is 312 g/mol. The number of epoxide rings is 2. The van der Waals surface area contributed by atoms with Crippen LogP contribution in [0.4, 0.5) is 0 Å². The molecule has 4 aliphatic rings. The molecule has 2 unspecified atom stereocenters. The van der Waals surface area contributed by atoms with Crippen LogP contribution in [0.25, 0.3) is 0 Å². The Balaban J connectivity index is 1.50. The zero-order valence-corrected chi connectivity index (χ0v) is 13.0. The topological polar surface area (TPSA) is 59.2 Å². The molecule has 0 N–H and O–H groups in total. The summed E-state index contributed by atoms with van der Waals surface area (Å²) in [6, 6.07) is 0. The first-order valence-corrected chi connectivity index (χ1v) is 8.26. The maximum Gasteiger partial charge on any atom is 0.159 e. The van der Waals surface area contributed by atoms with E-state index in [0.717, 1.165) is 43.6 Å². The smallest absolute Gasteiger partial charge is 0.159 e. The number of allylic oxidation sites excluding steroid dienone is 6. The summed E-state index contributed by atoms with van der Waals surface area (Å²) in [6.07, 6.45) is 11.5. The van der Waals surface area contributed by atoms with Crippen molar-refractivity contribution in [3.8, 4) is 0 Å². The van der Waals surface area contributed by atoms with Gasteiger partial charge in [-0.1, -0.05) is 12.2 Å². The molecule has 120 valence electrons. The van der Waals surface area contributed by atoms with E-state index in [1.165, 1.54) is 11.1 Å². The van der Waals surface area contributed by atoms with Gasteiger partial charge in [-0.15, -0.1) is 0 Å². The molecule has 0 amide bonds. The van der Waals surface area contributed by atoms with Gasteiger partial charge in [0.05, 0.1) is 25.4 Å². The quantitative estimate of drug-likeness (QED) is 0.707. The molecule has 2 aliphatic heterocycles. The van der Waals surface area contributed by atoms with Crippen molar-refractivity contribution in [1.82, 2.24) is 0 Å². The number of hydrogen-bond acceptors (Lipinski definition) is 4. The molecular weight excluding hydrogens is 292 g/mol. The SMILES string of the molecule is O=C1C=C(CC2CO2)C(CC2=CCC(=O)C=C2CC2CO2)=CC1. The third-order valence-corrected chi connectivity index (χ3v) is 4.68. The minimum atomic E-state index is 0.166. The van der Waals surface area contributed by atoms with Gasteiger partial charge < -0.3 is 9.47 Å². The number of ketones is 2. The highest BCUT2D eigenvalue weighted by atomic mass is 16.6. The Bertz CT molecular complexity index is 611. The highest BCUT2D eigenvalue weighted by molar-refractivity contribution is 5.95. The first-order chi connectivity index (χ1) is 11.2.